The van der Waals surface area contributed by atoms with Crippen molar-refractivity contribution in [3.05, 3.63) is 42.3 Å². The minimum Gasteiger partial charge on any atom is -0.458 e. The van der Waals surface area contributed by atoms with Crippen LogP contribution in [0.1, 0.15) is 24.0 Å². The summed E-state index contributed by atoms with van der Waals surface area (Å²) in [6, 6.07) is 6.03. The number of rotatable bonds is 5. The molecule has 24 heavy (non-hydrogen) atoms. The molecule has 126 valence electrons. The van der Waals surface area contributed by atoms with Gasteiger partial charge in [-0.25, -0.2) is 0 Å². The Morgan fingerprint density at radius 1 is 1.38 bits per heavy atom. The number of aromatic amines is 1. The summed E-state index contributed by atoms with van der Waals surface area (Å²) >= 11 is 0. The second-order valence-corrected chi connectivity index (χ2v) is 6.07. The molecule has 0 aromatic carbocycles. The summed E-state index contributed by atoms with van der Waals surface area (Å²) in [7, 11) is 3.72. The van der Waals surface area contributed by atoms with Gasteiger partial charge in [0.15, 0.2) is 5.76 Å². The van der Waals surface area contributed by atoms with Crippen LogP contribution in [-0.2, 0) is 18.3 Å². The summed E-state index contributed by atoms with van der Waals surface area (Å²) in [4.78, 5) is 2.33. The van der Waals surface area contributed by atoms with E-state index in [1.165, 1.54) is 0 Å². The summed E-state index contributed by atoms with van der Waals surface area (Å²) in [5.74, 6) is 2.65. The minimum absolute atomic E-state index is 0.170. The van der Waals surface area contributed by atoms with Crippen LogP contribution in [0.25, 0.3) is 11.5 Å². The van der Waals surface area contributed by atoms with Crippen molar-refractivity contribution >= 4 is 0 Å². The number of likely N-dealkylation sites (tertiary alicyclic amines) is 1. The van der Waals surface area contributed by atoms with Crippen molar-refractivity contribution in [3.8, 4) is 11.5 Å². The van der Waals surface area contributed by atoms with Gasteiger partial charge in [0.05, 0.1) is 18.7 Å². The maximum Gasteiger partial charge on any atom is 0.152 e. The summed E-state index contributed by atoms with van der Waals surface area (Å²) < 4.78 is 13.5. The zero-order chi connectivity index (χ0) is 16.5. The maximum atomic E-state index is 5.96. The SMILES string of the molecule is CO[C@@H]1C[C@@H](c2nncn2C)N(Cc2ccc(-c3ccn[nH]3)o2)C1. The van der Waals surface area contributed by atoms with E-state index >= 15 is 0 Å². The Morgan fingerprint density at radius 2 is 2.29 bits per heavy atom. The number of furan rings is 1. The van der Waals surface area contributed by atoms with Gasteiger partial charge in [-0.1, -0.05) is 0 Å². The number of ether oxygens (including phenoxy) is 1. The van der Waals surface area contributed by atoms with Crippen molar-refractivity contribution < 1.29 is 9.15 Å². The molecule has 4 heterocycles. The first kappa shape index (κ1) is 15.1. The fourth-order valence-electron chi connectivity index (χ4n) is 3.27. The van der Waals surface area contributed by atoms with Crippen molar-refractivity contribution in [1.29, 1.82) is 0 Å². The van der Waals surface area contributed by atoms with Crippen molar-refractivity contribution in [1.82, 2.24) is 29.9 Å². The molecule has 0 amide bonds. The normalized spacial score (nSPS) is 21.6. The molecule has 1 aliphatic rings. The molecule has 0 unspecified atom stereocenters. The van der Waals surface area contributed by atoms with Gasteiger partial charge in [0, 0.05) is 26.9 Å². The predicted molar refractivity (Wildman–Crippen MR) is 85.9 cm³/mol. The standard InChI is InChI=1S/C16H20N6O2/c1-21-10-18-20-16(21)14-7-12(23-2)9-22(14)8-11-3-4-15(24-11)13-5-6-17-19-13/h3-6,10,12,14H,7-9H2,1-2H3,(H,17,19)/t12-,14+/m1/s1. The number of hydrogen-bond donors (Lipinski definition) is 1. The molecule has 0 spiro atoms. The average molecular weight is 328 g/mol. The van der Waals surface area contributed by atoms with E-state index in [1.807, 2.05) is 29.8 Å². The highest BCUT2D eigenvalue weighted by Crippen LogP contribution is 2.34. The lowest BCUT2D eigenvalue weighted by atomic mass is 10.2. The quantitative estimate of drug-likeness (QED) is 0.768. The molecule has 1 saturated heterocycles. The highest BCUT2D eigenvalue weighted by molar-refractivity contribution is 5.51. The Labute approximate surface area is 139 Å². The summed E-state index contributed by atoms with van der Waals surface area (Å²) in [6.45, 7) is 1.54. The molecular weight excluding hydrogens is 308 g/mol. The van der Waals surface area contributed by atoms with Crippen molar-refractivity contribution in [2.45, 2.75) is 25.1 Å². The second-order valence-electron chi connectivity index (χ2n) is 6.07. The number of aryl methyl sites for hydroxylation is 1. The highest BCUT2D eigenvalue weighted by Gasteiger charge is 2.36. The van der Waals surface area contributed by atoms with Gasteiger partial charge >= 0.3 is 0 Å². The van der Waals surface area contributed by atoms with Crippen molar-refractivity contribution in [3.63, 3.8) is 0 Å². The number of hydrogen-bond acceptors (Lipinski definition) is 6. The number of aromatic nitrogens is 5. The van der Waals surface area contributed by atoms with E-state index in [0.717, 1.165) is 36.0 Å². The lowest BCUT2D eigenvalue weighted by molar-refractivity contribution is 0.106. The van der Waals surface area contributed by atoms with E-state index in [0.29, 0.717) is 6.54 Å². The van der Waals surface area contributed by atoms with Gasteiger partial charge in [-0.2, -0.15) is 5.10 Å². The molecule has 0 aliphatic carbocycles. The fraction of sp³-hybridized carbons (Fsp3) is 0.438. The Bertz CT molecular complexity index is 793. The van der Waals surface area contributed by atoms with E-state index in [2.05, 4.69) is 25.3 Å². The zero-order valence-corrected chi connectivity index (χ0v) is 13.7. The maximum absolute atomic E-state index is 5.96. The fourth-order valence-corrected chi connectivity index (χ4v) is 3.27. The Kier molecular flexibility index (Phi) is 3.91. The van der Waals surface area contributed by atoms with Crippen molar-refractivity contribution in [2.75, 3.05) is 13.7 Å². The molecule has 0 radical (unpaired) electrons. The number of H-pyrrole nitrogens is 1. The second kappa shape index (κ2) is 6.21. The molecule has 2 atom stereocenters. The van der Waals surface area contributed by atoms with Crippen LogP contribution in [0.3, 0.4) is 0 Å². The van der Waals surface area contributed by atoms with Gasteiger partial charge in [-0.3, -0.25) is 10.00 Å². The molecule has 0 saturated carbocycles. The van der Waals surface area contributed by atoms with Gasteiger partial charge < -0.3 is 13.7 Å². The Balaban J connectivity index is 1.54. The van der Waals surface area contributed by atoms with Crippen LogP contribution < -0.4 is 0 Å². The van der Waals surface area contributed by atoms with E-state index in [-0.39, 0.29) is 12.1 Å². The molecule has 8 nitrogen and oxygen atoms in total. The van der Waals surface area contributed by atoms with Crippen LogP contribution in [0, 0.1) is 0 Å². The lowest BCUT2D eigenvalue weighted by Gasteiger charge is -2.22. The third kappa shape index (κ3) is 2.74. The van der Waals surface area contributed by atoms with Gasteiger partial charge in [-0.15, -0.1) is 10.2 Å². The van der Waals surface area contributed by atoms with Gasteiger partial charge in [0.25, 0.3) is 0 Å². The summed E-state index contributed by atoms with van der Waals surface area (Å²) in [5.41, 5.74) is 0.877. The topological polar surface area (TPSA) is 85.0 Å². The minimum atomic E-state index is 0.170. The number of nitrogens with zero attached hydrogens (tertiary/aromatic N) is 5. The third-order valence-electron chi connectivity index (χ3n) is 4.53. The van der Waals surface area contributed by atoms with Gasteiger partial charge in [0.1, 0.15) is 23.6 Å². The Morgan fingerprint density at radius 3 is 3.00 bits per heavy atom. The van der Waals surface area contributed by atoms with Crippen LogP contribution >= 0.6 is 0 Å². The molecule has 3 aromatic heterocycles. The van der Waals surface area contributed by atoms with E-state index in [4.69, 9.17) is 9.15 Å². The summed E-state index contributed by atoms with van der Waals surface area (Å²) in [6.07, 6.45) is 4.54. The molecule has 1 fully saturated rings. The smallest absolute Gasteiger partial charge is 0.152 e. The Hall–Kier alpha value is -2.45. The van der Waals surface area contributed by atoms with Gasteiger partial charge in [-0.05, 0) is 24.6 Å². The summed E-state index contributed by atoms with van der Waals surface area (Å²) in [5, 5.41) is 15.2. The largest absolute Gasteiger partial charge is 0.458 e. The van der Waals surface area contributed by atoms with Crippen LogP contribution in [0.15, 0.2) is 35.1 Å². The van der Waals surface area contributed by atoms with Crippen LogP contribution in [0.5, 0.6) is 0 Å². The van der Waals surface area contributed by atoms with Crippen LogP contribution in [-0.4, -0.2) is 49.6 Å². The zero-order valence-electron chi connectivity index (χ0n) is 13.7. The molecular formula is C16H20N6O2. The first-order valence-corrected chi connectivity index (χ1v) is 7.94. The van der Waals surface area contributed by atoms with Crippen LogP contribution in [0.2, 0.25) is 0 Å². The molecule has 1 N–H and O–H groups in total. The molecule has 8 heteroatoms. The average Bonchev–Trinajstić information content (AvgIpc) is 3.34. The third-order valence-corrected chi connectivity index (χ3v) is 4.53. The number of nitrogens with one attached hydrogen (secondary N) is 1. The lowest BCUT2D eigenvalue weighted by Crippen LogP contribution is -2.26. The molecule has 3 aromatic rings. The van der Waals surface area contributed by atoms with E-state index in [9.17, 15) is 0 Å². The molecule has 1 aliphatic heterocycles. The van der Waals surface area contributed by atoms with Crippen molar-refractivity contribution in [2.24, 2.45) is 7.05 Å². The van der Waals surface area contributed by atoms with E-state index < -0.39 is 0 Å². The van der Waals surface area contributed by atoms with E-state index in [1.54, 1.807) is 19.6 Å². The number of methoxy groups -OCH3 is 1. The van der Waals surface area contributed by atoms with Gasteiger partial charge in [0.2, 0.25) is 0 Å². The first-order chi connectivity index (χ1) is 11.7. The molecule has 4 rings (SSSR count). The van der Waals surface area contributed by atoms with Crippen LogP contribution in [0.4, 0.5) is 0 Å². The molecule has 0 bridgehead atoms. The highest BCUT2D eigenvalue weighted by atomic mass is 16.5. The predicted octanol–water partition coefficient (Wildman–Crippen LogP) is 1.76. The monoisotopic (exact) mass is 328 g/mol. The first-order valence-electron chi connectivity index (χ1n) is 7.94.